The summed E-state index contributed by atoms with van der Waals surface area (Å²) in [7, 11) is 0. The molecule has 1 saturated carbocycles. The third kappa shape index (κ3) is 3.96. The van der Waals surface area contributed by atoms with Gasteiger partial charge in [0.15, 0.2) is 17.7 Å². The van der Waals surface area contributed by atoms with E-state index in [0.717, 1.165) is 19.0 Å². The standard InChI is InChI=1S/C21H18F3N3O5.Na.H/c22-9-3-14(23)12(15(24)4-9)6-25-20(30)13-7-26-8-16-27(10-1-2-11(5-10)32-16)21(31)17(26)19(29)18(13)28;;/h3-4,7,10-11,16,29H,1-2,5-6,8H2,(H,25,30);;/q;+1;-1/t10-,11+,16+;;/m0../s1. The first-order valence-electron chi connectivity index (χ1n) is 10.1. The van der Waals surface area contributed by atoms with E-state index in [2.05, 4.69) is 5.32 Å². The molecule has 3 aliphatic rings. The zero-order valence-corrected chi connectivity index (χ0v) is 19.6. The number of nitrogens with zero attached hydrogens (tertiary/aromatic N) is 2. The second-order valence-corrected chi connectivity index (χ2v) is 8.14. The predicted molar refractivity (Wildman–Crippen MR) is 103 cm³/mol. The Morgan fingerprint density at radius 3 is 2.61 bits per heavy atom. The van der Waals surface area contributed by atoms with Gasteiger partial charge in [-0.25, -0.2) is 13.2 Å². The number of aromatic nitrogens is 1. The SMILES string of the molecule is O=C(NCc1c(F)cc(F)cc1F)c1cn2c(c(O)c1=O)C(=O)N1[C@H]3CC[C@H](C3)O[C@@H]1C2.[H-].[Na+]. The van der Waals surface area contributed by atoms with Crippen LogP contribution in [0.2, 0.25) is 0 Å². The molecule has 3 heterocycles. The van der Waals surface area contributed by atoms with Gasteiger partial charge in [-0.1, -0.05) is 0 Å². The van der Waals surface area contributed by atoms with Crippen molar-refractivity contribution in [3.05, 3.63) is 62.8 Å². The van der Waals surface area contributed by atoms with Crippen molar-refractivity contribution in [1.82, 2.24) is 14.8 Å². The van der Waals surface area contributed by atoms with E-state index in [1.165, 1.54) is 9.47 Å². The Morgan fingerprint density at radius 2 is 1.91 bits per heavy atom. The van der Waals surface area contributed by atoms with Crippen LogP contribution in [0, 0.1) is 17.5 Å². The number of benzene rings is 1. The van der Waals surface area contributed by atoms with Gasteiger partial charge in [0, 0.05) is 36.5 Å². The molecule has 8 nitrogen and oxygen atoms in total. The molecule has 2 bridgehead atoms. The van der Waals surface area contributed by atoms with Crippen LogP contribution in [0.3, 0.4) is 0 Å². The number of pyridine rings is 1. The van der Waals surface area contributed by atoms with Crippen molar-refractivity contribution < 1.29 is 63.6 Å². The molecule has 2 fully saturated rings. The number of hydrogen-bond donors (Lipinski definition) is 2. The maximum Gasteiger partial charge on any atom is 1.00 e. The van der Waals surface area contributed by atoms with Crippen molar-refractivity contribution in [3.8, 4) is 5.75 Å². The number of hydrogen-bond acceptors (Lipinski definition) is 5. The molecule has 1 aliphatic carbocycles. The number of nitrogens with one attached hydrogen (secondary N) is 1. The second-order valence-electron chi connectivity index (χ2n) is 8.14. The van der Waals surface area contributed by atoms with Gasteiger partial charge in [0.05, 0.1) is 12.6 Å². The van der Waals surface area contributed by atoms with Crippen LogP contribution in [0.5, 0.6) is 5.75 Å². The maximum atomic E-state index is 13.8. The minimum atomic E-state index is -1.19. The summed E-state index contributed by atoms with van der Waals surface area (Å²) >= 11 is 0. The molecule has 0 unspecified atom stereocenters. The molecule has 5 rings (SSSR count). The Morgan fingerprint density at radius 1 is 1.21 bits per heavy atom. The minimum absolute atomic E-state index is 0. The molecular formula is C21H19F3N3NaO5. The van der Waals surface area contributed by atoms with Crippen molar-refractivity contribution >= 4 is 11.8 Å². The molecule has 1 aromatic heterocycles. The number of carbonyl (C=O) groups is 2. The van der Waals surface area contributed by atoms with Crippen LogP contribution in [0.4, 0.5) is 13.2 Å². The van der Waals surface area contributed by atoms with Crippen molar-refractivity contribution in [3.63, 3.8) is 0 Å². The first-order chi connectivity index (χ1) is 15.2. The first kappa shape index (κ1) is 23.8. The maximum absolute atomic E-state index is 13.8. The van der Waals surface area contributed by atoms with E-state index in [1.807, 2.05) is 0 Å². The van der Waals surface area contributed by atoms with E-state index >= 15 is 0 Å². The Hall–Kier alpha value is -2.34. The molecule has 0 radical (unpaired) electrons. The van der Waals surface area contributed by atoms with Crippen LogP contribution in [-0.2, 0) is 17.8 Å². The van der Waals surface area contributed by atoms with Crippen LogP contribution in [0.1, 0.15) is 47.1 Å². The molecule has 170 valence electrons. The predicted octanol–water partition coefficient (Wildman–Crippen LogP) is -1.25. The van der Waals surface area contributed by atoms with E-state index in [9.17, 15) is 32.7 Å². The van der Waals surface area contributed by atoms with Crippen LogP contribution in [0.25, 0.3) is 0 Å². The number of aromatic hydroxyl groups is 1. The van der Waals surface area contributed by atoms with Crippen molar-refractivity contribution in [2.75, 3.05) is 0 Å². The monoisotopic (exact) mass is 473 g/mol. The van der Waals surface area contributed by atoms with Gasteiger partial charge < -0.3 is 26.1 Å². The number of carbonyl (C=O) groups excluding carboxylic acids is 2. The number of amides is 2. The molecule has 2 amide bonds. The first-order valence-corrected chi connectivity index (χ1v) is 10.1. The van der Waals surface area contributed by atoms with Gasteiger partial charge in [-0.3, -0.25) is 14.4 Å². The number of fused-ring (bicyclic) bond motifs is 5. The fourth-order valence-corrected chi connectivity index (χ4v) is 4.72. The number of halogens is 3. The smallest absolute Gasteiger partial charge is 1.00 e. The number of rotatable bonds is 3. The van der Waals surface area contributed by atoms with E-state index in [1.54, 1.807) is 0 Å². The van der Waals surface area contributed by atoms with E-state index in [0.29, 0.717) is 18.6 Å². The Bertz CT molecular complexity index is 1200. The zero-order chi connectivity index (χ0) is 22.7. The van der Waals surface area contributed by atoms with Gasteiger partial charge in [-0.15, -0.1) is 0 Å². The Labute approximate surface area is 209 Å². The van der Waals surface area contributed by atoms with Crippen molar-refractivity contribution in [2.45, 2.75) is 50.7 Å². The topological polar surface area (TPSA) is 101 Å². The third-order valence-corrected chi connectivity index (χ3v) is 6.23. The van der Waals surface area contributed by atoms with Gasteiger partial charge in [0.1, 0.15) is 23.0 Å². The normalized spacial score (nSPS) is 22.9. The van der Waals surface area contributed by atoms with Gasteiger partial charge in [-0.05, 0) is 19.3 Å². The second kappa shape index (κ2) is 8.79. The van der Waals surface area contributed by atoms with Crippen LogP contribution in [0.15, 0.2) is 23.1 Å². The summed E-state index contributed by atoms with van der Waals surface area (Å²) in [6.45, 7) is -0.538. The fraction of sp³-hybridized carbons (Fsp3) is 0.381. The summed E-state index contributed by atoms with van der Waals surface area (Å²) in [5.74, 6) is -5.93. The zero-order valence-electron chi connectivity index (χ0n) is 18.6. The van der Waals surface area contributed by atoms with Crippen LogP contribution < -0.4 is 40.3 Å². The average molecular weight is 473 g/mol. The van der Waals surface area contributed by atoms with Crippen molar-refractivity contribution in [1.29, 1.82) is 0 Å². The largest absolute Gasteiger partial charge is 1.00 e. The third-order valence-electron chi connectivity index (χ3n) is 6.23. The molecule has 12 heteroatoms. The average Bonchev–Trinajstić information content (AvgIpc) is 3.10. The molecule has 0 spiro atoms. The summed E-state index contributed by atoms with van der Waals surface area (Å²) < 4.78 is 47.9. The summed E-state index contributed by atoms with van der Waals surface area (Å²) in [4.78, 5) is 39.7. The molecule has 2 aromatic rings. The molecular weight excluding hydrogens is 454 g/mol. The fourth-order valence-electron chi connectivity index (χ4n) is 4.72. The van der Waals surface area contributed by atoms with Gasteiger partial charge in [0.2, 0.25) is 5.43 Å². The van der Waals surface area contributed by atoms with E-state index < -0.39 is 64.3 Å². The van der Waals surface area contributed by atoms with Gasteiger partial charge in [-0.2, -0.15) is 0 Å². The quantitative estimate of drug-likeness (QED) is 0.543. The molecule has 2 N–H and O–H groups in total. The summed E-state index contributed by atoms with van der Waals surface area (Å²) in [5, 5.41) is 12.6. The molecule has 1 saturated heterocycles. The summed E-state index contributed by atoms with van der Waals surface area (Å²) in [5.41, 5.74) is -2.40. The summed E-state index contributed by atoms with van der Waals surface area (Å²) in [6, 6.07) is 0.912. The number of ether oxygens (including phenoxy) is 1. The molecule has 1 aromatic carbocycles. The van der Waals surface area contributed by atoms with E-state index in [-0.39, 0.29) is 55.4 Å². The summed E-state index contributed by atoms with van der Waals surface area (Å²) in [6.07, 6.45) is 2.86. The minimum Gasteiger partial charge on any atom is -1.00 e. The Kier molecular flexibility index (Phi) is 6.34. The van der Waals surface area contributed by atoms with Crippen LogP contribution in [-0.4, -0.2) is 44.8 Å². The van der Waals surface area contributed by atoms with Crippen LogP contribution >= 0.6 is 0 Å². The van der Waals surface area contributed by atoms with E-state index in [4.69, 9.17) is 4.74 Å². The molecule has 2 aliphatic heterocycles. The molecule has 3 atom stereocenters. The van der Waals surface area contributed by atoms with Crippen molar-refractivity contribution in [2.24, 2.45) is 0 Å². The van der Waals surface area contributed by atoms with Gasteiger partial charge >= 0.3 is 29.6 Å². The Balaban J connectivity index is 0.00000162. The molecule has 33 heavy (non-hydrogen) atoms. The van der Waals surface area contributed by atoms with Gasteiger partial charge in [0.25, 0.3) is 11.8 Å².